The Bertz CT molecular complexity index is 257. The van der Waals surface area contributed by atoms with Gasteiger partial charge in [0.2, 0.25) is 0 Å². The summed E-state index contributed by atoms with van der Waals surface area (Å²) in [5, 5.41) is 0. The minimum absolute atomic E-state index is 0.0327. The van der Waals surface area contributed by atoms with E-state index in [2.05, 4.69) is 20.8 Å². The molecule has 94 valence electrons. The number of rotatable bonds is 3. The summed E-state index contributed by atoms with van der Waals surface area (Å²) in [6.45, 7) is 8.87. The Morgan fingerprint density at radius 3 is 2.56 bits per heavy atom. The van der Waals surface area contributed by atoms with Crippen LogP contribution in [0.3, 0.4) is 0 Å². The Labute approximate surface area is 98.7 Å². The van der Waals surface area contributed by atoms with Crippen molar-refractivity contribution in [1.82, 2.24) is 0 Å². The van der Waals surface area contributed by atoms with Gasteiger partial charge in [0.1, 0.15) is 0 Å². The van der Waals surface area contributed by atoms with Crippen molar-refractivity contribution < 1.29 is 9.53 Å². The number of hydrogen-bond acceptors (Lipinski definition) is 3. The van der Waals surface area contributed by atoms with E-state index in [1.165, 1.54) is 0 Å². The van der Waals surface area contributed by atoms with Crippen molar-refractivity contribution in [2.24, 2.45) is 16.6 Å². The zero-order valence-electron chi connectivity index (χ0n) is 11.0. The van der Waals surface area contributed by atoms with Gasteiger partial charge >= 0.3 is 5.97 Å². The van der Waals surface area contributed by atoms with E-state index in [-0.39, 0.29) is 17.4 Å². The second-order valence-electron chi connectivity index (χ2n) is 6.36. The number of ether oxygens (including phenoxy) is 1. The fraction of sp³-hybridized carbons (Fsp3) is 0.923. The summed E-state index contributed by atoms with van der Waals surface area (Å²) >= 11 is 0. The third-order valence-corrected chi connectivity index (χ3v) is 3.58. The lowest BCUT2D eigenvalue weighted by molar-refractivity contribution is -0.156. The topological polar surface area (TPSA) is 52.3 Å². The molecule has 1 saturated carbocycles. The quantitative estimate of drug-likeness (QED) is 0.754. The minimum Gasteiger partial charge on any atom is -0.465 e. The summed E-state index contributed by atoms with van der Waals surface area (Å²) < 4.78 is 5.36. The highest BCUT2D eigenvalue weighted by Gasteiger charge is 2.44. The fourth-order valence-electron chi connectivity index (χ4n) is 2.06. The van der Waals surface area contributed by atoms with Crippen molar-refractivity contribution >= 4 is 5.97 Å². The third kappa shape index (κ3) is 3.21. The molecule has 0 aromatic rings. The number of carbonyl (C=O) groups excluding carboxylic acids is 1. The van der Waals surface area contributed by atoms with Crippen LogP contribution in [0.15, 0.2) is 0 Å². The van der Waals surface area contributed by atoms with Crippen LogP contribution in [0.1, 0.15) is 53.4 Å². The van der Waals surface area contributed by atoms with Crippen LogP contribution < -0.4 is 5.73 Å². The molecular weight excluding hydrogens is 202 g/mol. The molecule has 1 fully saturated rings. The number of hydrogen-bond donors (Lipinski definition) is 1. The summed E-state index contributed by atoms with van der Waals surface area (Å²) in [5.74, 6) is -0.109. The second kappa shape index (κ2) is 4.74. The van der Waals surface area contributed by atoms with Crippen molar-refractivity contribution in [2.75, 3.05) is 6.61 Å². The van der Waals surface area contributed by atoms with Gasteiger partial charge in [-0.05, 0) is 31.6 Å². The Kier molecular flexibility index (Phi) is 4.00. The second-order valence-corrected chi connectivity index (χ2v) is 6.36. The normalized spacial score (nSPS) is 30.4. The molecule has 2 atom stereocenters. The maximum Gasteiger partial charge on any atom is 0.313 e. The van der Waals surface area contributed by atoms with Crippen LogP contribution in [0.4, 0.5) is 0 Å². The van der Waals surface area contributed by atoms with Crippen molar-refractivity contribution in [3.05, 3.63) is 0 Å². The molecule has 0 aromatic carbocycles. The largest absolute Gasteiger partial charge is 0.465 e. The molecule has 0 aliphatic heterocycles. The van der Waals surface area contributed by atoms with E-state index in [0.29, 0.717) is 6.61 Å². The minimum atomic E-state index is -0.447. The molecule has 3 heteroatoms. The predicted octanol–water partition coefficient (Wildman–Crippen LogP) is 2.48. The molecule has 2 N–H and O–H groups in total. The molecule has 2 unspecified atom stereocenters. The van der Waals surface area contributed by atoms with Crippen LogP contribution in [0.25, 0.3) is 0 Å². The molecule has 0 bridgehead atoms. The molecule has 16 heavy (non-hydrogen) atoms. The van der Waals surface area contributed by atoms with E-state index in [0.717, 1.165) is 25.7 Å². The predicted molar refractivity (Wildman–Crippen MR) is 65.0 cm³/mol. The molecule has 0 amide bonds. The first-order valence-corrected chi connectivity index (χ1v) is 6.18. The van der Waals surface area contributed by atoms with Gasteiger partial charge in [0.15, 0.2) is 0 Å². The Hall–Kier alpha value is -0.570. The van der Waals surface area contributed by atoms with Crippen LogP contribution in [-0.4, -0.2) is 18.6 Å². The summed E-state index contributed by atoms with van der Waals surface area (Å²) in [6.07, 6.45) is 3.73. The lowest BCUT2D eigenvalue weighted by Gasteiger charge is -2.27. The van der Waals surface area contributed by atoms with Crippen LogP contribution in [-0.2, 0) is 9.53 Å². The van der Waals surface area contributed by atoms with Gasteiger partial charge in [0, 0.05) is 6.04 Å². The molecule has 1 rings (SSSR count). The molecule has 1 aliphatic carbocycles. The summed E-state index contributed by atoms with van der Waals surface area (Å²) in [6, 6.07) is -0.0327. The van der Waals surface area contributed by atoms with Gasteiger partial charge in [0.25, 0.3) is 0 Å². The molecule has 0 aromatic heterocycles. The Balaban J connectivity index is 2.41. The van der Waals surface area contributed by atoms with Gasteiger partial charge in [-0.15, -0.1) is 0 Å². The molecule has 0 heterocycles. The van der Waals surface area contributed by atoms with Gasteiger partial charge < -0.3 is 10.5 Å². The monoisotopic (exact) mass is 227 g/mol. The van der Waals surface area contributed by atoms with Crippen molar-refractivity contribution in [1.29, 1.82) is 0 Å². The van der Waals surface area contributed by atoms with Crippen LogP contribution in [0.2, 0.25) is 0 Å². The van der Waals surface area contributed by atoms with E-state index < -0.39 is 5.41 Å². The summed E-state index contributed by atoms with van der Waals surface area (Å²) in [7, 11) is 0. The average Bonchev–Trinajstić information content (AvgIpc) is 2.46. The molecule has 0 radical (unpaired) electrons. The van der Waals surface area contributed by atoms with Gasteiger partial charge in [-0.3, -0.25) is 4.79 Å². The highest BCUT2D eigenvalue weighted by atomic mass is 16.5. The van der Waals surface area contributed by atoms with Gasteiger partial charge in [-0.2, -0.15) is 0 Å². The van der Waals surface area contributed by atoms with Crippen LogP contribution in [0, 0.1) is 10.8 Å². The summed E-state index contributed by atoms with van der Waals surface area (Å²) in [4.78, 5) is 12.0. The molecular formula is C13H25NO2. The van der Waals surface area contributed by atoms with Gasteiger partial charge in [0.05, 0.1) is 12.0 Å². The van der Waals surface area contributed by atoms with Crippen LogP contribution >= 0.6 is 0 Å². The zero-order valence-corrected chi connectivity index (χ0v) is 11.0. The SMILES string of the molecule is CC(C)(C)CCOC(=O)C1(C)CCCC1N. The van der Waals surface area contributed by atoms with E-state index in [1.54, 1.807) is 0 Å². The first-order valence-electron chi connectivity index (χ1n) is 6.18. The Morgan fingerprint density at radius 1 is 1.50 bits per heavy atom. The van der Waals surface area contributed by atoms with E-state index in [4.69, 9.17) is 10.5 Å². The highest BCUT2D eigenvalue weighted by molar-refractivity contribution is 5.77. The maximum absolute atomic E-state index is 12.0. The van der Waals surface area contributed by atoms with E-state index in [9.17, 15) is 4.79 Å². The number of esters is 1. The smallest absolute Gasteiger partial charge is 0.313 e. The number of nitrogens with two attached hydrogens (primary N) is 1. The van der Waals surface area contributed by atoms with Crippen molar-refractivity contribution in [3.63, 3.8) is 0 Å². The van der Waals surface area contributed by atoms with Gasteiger partial charge in [-0.25, -0.2) is 0 Å². The molecule has 0 saturated heterocycles. The zero-order chi connectivity index (χ0) is 12.4. The molecule has 1 aliphatic rings. The maximum atomic E-state index is 12.0. The van der Waals surface area contributed by atoms with E-state index >= 15 is 0 Å². The lowest BCUT2D eigenvalue weighted by atomic mass is 9.85. The van der Waals surface area contributed by atoms with E-state index in [1.807, 2.05) is 6.92 Å². The first kappa shape index (κ1) is 13.5. The highest BCUT2D eigenvalue weighted by Crippen LogP contribution is 2.37. The Morgan fingerprint density at radius 2 is 2.12 bits per heavy atom. The van der Waals surface area contributed by atoms with Crippen LogP contribution in [0.5, 0.6) is 0 Å². The average molecular weight is 227 g/mol. The number of carbonyl (C=O) groups is 1. The third-order valence-electron chi connectivity index (χ3n) is 3.58. The molecule has 0 spiro atoms. The first-order chi connectivity index (χ1) is 7.26. The lowest BCUT2D eigenvalue weighted by Crippen LogP contribution is -2.42. The van der Waals surface area contributed by atoms with Gasteiger partial charge in [-0.1, -0.05) is 27.2 Å². The summed E-state index contributed by atoms with van der Waals surface area (Å²) in [5.41, 5.74) is 5.73. The molecule has 3 nitrogen and oxygen atoms in total. The fourth-order valence-corrected chi connectivity index (χ4v) is 2.06. The van der Waals surface area contributed by atoms with Crippen molar-refractivity contribution in [3.8, 4) is 0 Å². The standard InChI is InChI=1S/C13H25NO2/c1-12(2,3)8-9-16-11(15)13(4)7-5-6-10(13)14/h10H,5-9,14H2,1-4H3. The van der Waals surface area contributed by atoms with Crippen molar-refractivity contribution in [2.45, 2.75) is 59.4 Å².